The molecule has 1 aliphatic heterocycles. The van der Waals surface area contributed by atoms with E-state index in [0.717, 1.165) is 43.0 Å². The van der Waals surface area contributed by atoms with Gasteiger partial charge in [0.05, 0.1) is 17.6 Å². The average Bonchev–Trinajstić information content (AvgIpc) is 3.17. The molecular weight excluding hydrogens is 317 g/mol. The van der Waals surface area contributed by atoms with Crippen LogP contribution < -0.4 is 0 Å². The van der Waals surface area contributed by atoms with Crippen molar-refractivity contribution in [3.8, 4) is 0 Å². The first-order chi connectivity index (χ1) is 12.2. The molecule has 4 rings (SSSR count). The molecule has 1 aromatic carbocycles. The van der Waals surface area contributed by atoms with Gasteiger partial charge in [0, 0.05) is 44.0 Å². The van der Waals surface area contributed by atoms with Crippen molar-refractivity contribution in [2.45, 2.75) is 38.8 Å². The number of nitrogens with zero attached hydrogens (tertiary/aromatic N) is 5. The van der Waals surface area contributed by atoms with Gasteiger partial charge < -0.3 is 4.57 Å². The molecule has 1 aliphatic rings. The van der Waals surface area contributed by atoms with Crippen LogP contribution in [0.3, 0.4) is 0 Å². The molecule has 0 spiro atoms. The zero-order valence-corrected chi connectivity index (χ0v) is 14.8. The molecule has 3 aromatic rings. The van der Waals surface area contributed by atoms with Gasteiger partial charge in [0.25, 0.3) is 0 Å². The normalized spacial score (nSPS) is 18.9. The molecule has 0 aliphatic carbocycles. The summed E-state index contributed by atoms with van der Waals surface area (Å²) in [7, 11) is 2.01. The van der Waals surface area contributed by atoms with Gasteiger partial charge in [-0.2, -0.15) is 5.10 Å². The second-order valence-electron chi connectivity index (χ2n) is 6.86. The van der Waals surface area contributed by atoms with E-state index in [9.17, 15) is 4.39 Å². The van der Waals surface area contributed by atoms with Crippen LogP contribution in [0.2, 0.25) is 0 Å². The topological polar surface area (TPSA) is 38.9 Å². The third-order valence-electron chi connectivity index (χ3n) is 5.25. The molecule has 5 nitrogen and oxygen atoms in total. The van der Waals surface area contributed by atoms with Crippen LogP contribution in [0.25, 0.3) is 11.0 Å². The van der Waals surface area contributed by atoms with Crippen molar-refractivity contribution in [1.82, 2.24) is 24.2 Å². The van der Waals surface area contributed by atoms with Crippen molar-refractivity contribution in [1.29, 1.82) is 0 Å². The number of likely N-dealkylation sites (tertiary alicyclic amines) is 1. The summed E-state index contributed by atoms with van der Waals surface area (Å²) in [5.74, 6) is 1.31. The molecule has 1 saturated heterocycles. The first-order valence-electron chi connectivity index (χ1n) is 9.00. The number of aryl methyl sites for hydroxylation is 2. The lowest BCUT2D eigenvalue weighted by atomic mass is 9.94. The quantitative estimate of drug-likeness (QED) is 0.731. The molecule has 0 bridgehead atoms. The highest BCUT2D eigenvalue weighted by molar-refractivity contribution is 5.76. The highest BCUT2D eigenvalue weighted by Crippen LogP contribution is 2.28. The van der Waals surface area contributed by atoms with E-state index in [2.05, 4.69) is 27.6 Å². The van der Waals surface area contributed by atoms with Gasteiger partial charge in [0.15, 0.2) is 0 Å². The molecule has 1 atom stereocenters. The van der Waals surface area contributed by atoms with Crippen LogP contribution in [0.1, 0.15) is 37.2 Å². The summed E-state index contributed by atoms with van der Waals surface area (Å²) >= 11 is 0. The molecular formula is C19H24FN5. The summed E-state index contributed by atoms with van der Waals surface area (Å²) in [5, 5.41) is 4.31. The standard InChI is InChI=1S/C19H24FN5/c1-3-25-18-7-6-15(20)11-16(18)22-19(25)13-24-10-4-5-14(12-24)17-8-9-21-23(17)2/h6-9,11,14H,3-5,10,12-13H2,1-2H3. The summed E-state index contributed by atoms with van der Waals surface area (Å²) in [6.45, 7) is 5.86. The van der Waals surface area contributed by atoms with Crippen LogP contribution in [-0.4, -0.2) is 37.3 Å². The Balaban J connectivity index is 1.57. The summed E-state index contributed by atoms with van der Waals surface area (Å²) in [6, 6.07) is 7.00. The fourth-order valence-corrected chi connectivity index (χ4v) is 4.05. The molecule has 0 amide bonds. The van der Waals surface area contributed by atoms with Crippen LogP contribution >= 0.6 is 0 Å². The van der Waals surface area contributed by atoms with Crippen LogP contribution in [0.4, 0.5) is 4.39 Å². The Kier molecular flexibility index (Phi) is 4.29. The Labute approximate surface area is 147 Å². The molecule has 0 N–H and O–H groups in total. The Morgan fingerprint density at radius 2 is 2.16 bits per heavy atom. The third-order valence-corrected chi connectivity index (χ3v) is 5.25. The SMILES string of the molecule is CCn1c(CN2CCCC(c3ccnn3C)C2)nc2cc(F)ccc21. The number of fused-ring (bicyclic) bond motifs is 1. The van der Waals surface area contributed by atoms with Crippen LogP contribution in [-0.2, 0) is 20.1 Å². The third kappa shape index (κ3) is 3.06. The monoisotopic (exact) mass is 341 g/mol. The van der Waals surface area contributed by atoms with Gasteiger partial charge >= 0.3 is 0 Å². The molecule has 2 aromatic heterocycles. The molecule has 0 radical (unpaired) electrons. The smallest absolute Gasteiger partial charge is 0.125 e. The van der Waals surface area contributed by atoms with E-state index < -0.39 is 0 Å². The summed E-state index contributed by atoms with van der Waals surface area (Å²) < 4.78 is 17.7. The molecule has 1 fully saturated rings. The predicted octanol–water partition coefficient (Wildman–Crippen LogP) is 3.31. The van der Waals surface area contributed by atoms with E-state index in [1.807, 2.05) is 24.0 Å². The van der Waals surface area contributed by atoms with Crippen molar-refractivity contribution in [3.63, 3.8) is 0 Å². The molecule has 25 heavy (non-hydrogen) atoms. The lowest BCUT2D eigenvalue weighted by Crippen LogP contribution is -2.35. The molecule has 6 heteroatoms. The summed E-state index contributed by atoms with van der Waals surface area (Å²) in [5.41, 5.74) is 3.06. The molecule has 1 unspecified atom stereocenters. The maximum atomic E-state index is 13.5. The Bertz CT molecular complexity index is 881. The maximum absolute atomic E-state index is 13.5. The minimum absolute atomic E-state index is 0.228. The van der Waals surface area contributed by atoms with Crippen molar-refractivity contribution in [3.05, 3.63) is 47.8 Å². The Hall–Kier alpha value is -2.21. The number of aromatic nitrogens is 4. The van der Waals surface area contributed by atoms with Crippen molar-refractivity contribution in [2.75, 3.05) is 13.1 Å². The second-order valence-corrected chi connectivity index (χ2v) is 6.86. The number of halogens is 1. The first kappa shape index (κ1) is 16.3. The first-order valence-corrected chi connectivity index (χ1v) is 9.00. The van der Waals surface area contributed by atoms with E-state index in [0.29, 0.717) is 5.92 Å². The van der Waals surface area contributed by atoms with E-state index >= 15 is 0 Å². The van der Waals surface area contributed by atoms with Gasteiger partial charge in [-0.15, -0.1) is 0 Å². The van der Waals surface area contributed by atoms with Crippen LogP contribution in [0.15, 0.2) is 30.5 Å². The Morgan fingerprint density at radius 1 is 1.28 bits per heavy atom. The second kappa shape index (κ2) is 6.59. The highest BCUT2D eigenvalue weighted by atomic mass is 19.1. The van der Waals surface area contributed by atoms with Gasteiger partial charge in [-0.1, -0.05) is 0 Å². The number of hydrogen-bond acceptors (Lipinski definition) is 3. The average molecular weight is 341 g/mol. The highest BCUT2D eigenvalue weighted by Gasteiger charge is 2.24. The summed E-state index contributed by atoms with van der Waals surface area (Å²) in [6.07, 6.45) is 4.25. The number of hydrogen-bond donors (Lipinski definition) is 0. The number of piperidine rings is 1. The zero-order valence-electron chi connectivity index (χ0n) is 14.8. The van der Waals surface area contributed by atoms with Gasteiger partial charge in [0.1, 0.15) is 11.6 Å². The van der Waals surface area contributed by atoms with Crippen LogP contribution in [0.5, 0.6) is 0 Å². The molecule has 3 heterocycles. The van der Waals surface area contributed by atoms with Gasteiger partial charge in [-0.25, -0.2) is 9.37 Å². The lowest BCUT2D eigenvalue weighted by molar-refractivity contribution is 0.190. The molecule has 132 valence electrons. The number of imidazole rings is 1. The lowest BCUT2D eigenvalue weighted by Gasteiger charge is -2.32. The van der Waals surface area contributed by atoms with Crippen molar-refractivity contribution >= 4 is 11.0 Å². The van der Waals surface area contributed by atoms with Gasteiger partial charge in [-0.3, -0.25) is 9.58 Å². The fraction of sp³-hybridized carbons (Fsp3) is 0.474. The van der Waals surface area contributed by atoms with Crippen molar-refractivity contribution < 1.29 is 4.39 Å². The minimum Gasteiger partial charge on any atom is -0.327 e. The predicted molar refractivity (Wildman–Crippen MR) is 95.8 cm³/mol. The van der Waals surface area contributed by atoms with Crippen molar-refractivity contribution in [2.24, 2.45) is 7.05 Å². The van der Waals surface area contributed by atoms with Gasteiger partial charge in [-0.05, 0) is 44.5 Å². The summed E-state index contributed by atoms with van der Waals surface area (Å²) in [4.78, 5) is 7.17. The zero-order chi connectivity index (χ0) is 17.4. The van der Waals surface area contributed by atoms with E-state index in [1.165, 1.54) is 30.7 Å². The van der Waals surface area contributed by atoms with Crippen LogP contribution in [0, 0.1) is 5.82 Å². The maximum Gasteiger partial charge on any atom is 0.125 e. The molecule has 0 saturated carbocycles. The number of rotatable bonds is 4. The van der Waals surface area contributed by atoms with E-state index in [1.54, 1.807) is 0 Å². The largest absolute Gasteiger partial charge is 0.327 e. The van der Waals surface area contributed by atoms with Gasteiger partial charge in [0.2, 0.25) is 0 Å². The number of benzene rings is 1. The Morgan fingerprint density at radius 3 is 2.92 bits per heavy atom. The van der Waals surface area contributed by atoms with E-state index in [-0.39, 0.29) is 5.82 Å². The fourth-order valence-electron chi connectivity index (χ4n) is 4.05. The minimum atomic E-state index is -0.228. The van der Waals surface area contributed by atoms with E-state index in [4.69, 9.17) is 4.98 Å².